The number of anilines is 1. The summed E-state index contributed by atoms with van der Waals surface area (Å²) < 4.78 is 5.58. The number of para-hydroxylation sites is 1. The predicted molar refractivity (Wildman–Crippen MR) is 73.7 cm³/mol. The average molecular weight is 257 g/mol. The first kappa shape index (κ1) is 13.0. The number of carboxylic acid groups (broad SMARTS) is 1. The molecule has 0 amide bonds. The topological polar surface area (TPSA) is 49.8 Å². The third kappa shape index (κ3) is 3.48. The number of nitrogens with zero attached hydrogens (tertiary/aromatic N) is 1. The van der Waals surface area contributed by atoms with E-state index in [0.717, 1.165) is 5.69 Å². The first-order chi connectivity index (χ1) is 9.16. The molecule has 2 aromatic rings. The molecule has 98 valence electrons. The molecule has 0 heterocycles. The molecule has 0 saturated carbocycles. The molecule has 0 spiro atoms. The van der Waals surface area contributed by atoms with Crippen LogP contribution in [0.1, 0.15) is 10.4 Å². The standard InChI is InChI=1S/C15H15NO3/c1-16(13-7-3-2-4-8-13)11-19-14-9-5-6-12(10-14)15(17)18/h2-10H,11H2,1H3,(H,17,18). The predicted octanol–water partition coefficient (Wildman–Crippen LogP) is 2.86. The summed E-state index contributed by atoms with van der Waals surface area (Å²) in [5.74, 6) is -0.412. The molecule has 0 aliphatic heterocycles. The summed E-state index contributed by atoms with van der Waals surface area (Å²) in [5, 5.41) is 8.90. The van der Waals surface area contributed by atoms with E-state index in [1.807, 2.05) is 42.3 Å². The van der Waals surface area contributed by atoms with E-state index in [4.69, 9.17) is 9.84 Å². The Morgan fingerprint density at radius 1 is 1.16 bits per heavy atom. The quantitative estimate of drug-likeness (QED) is 0.837. The van der Waals surface area contributed by atoms with E-state index in [1.54, 1.807) is 12.1 Å². The van der Waals surface area contributed by atoms with E-state index in [9.17, 15) is 4.79 Å². The lowest BCUT2D eigenvalue weighted by atomic mass is 10.2. The van der Waals surface area contributed by atoms with Gasteiger partial charge in [0.2, 0.25) is 0 Å². The number of ether oxygens (including phenoxy) is 1. The Morgan fingerprint density at radius 3 is 2.58 bits per heavy atom. The molecule has 1 N–H and O–H groups in total. The normalized spacial score (nSPS) is 9.95. The van der Waals surface area contributed by atoms with E-state index in [-0.39, 0.29) is 5.56 Å². The maximum atomic E-state index is 10.8. The van der Waals surface area contributed by atoms with E-state index in [0.29, 0.717) is 12.5 Å². The van der Waals surface area contributed by atoms with Crippen molar-refractivity contribution in [2.24, 2.45) is 0 Å². The summed E-state index contributed by atoms with van der Waals surface area (Å²) >= 11 is 0. The largest absolute Gasteiger partial charge is 0.478 e. The fraction of sp³-hybridized carbons (Fsp3) is 0.133. The maximum absolute atomic E-state index is 10.8. The fourth-order valence-electron chi connectivity index (χ4n) is 1.65. The number of hydrogen-bond acceptors (Lipinski definition) is 3. The van der Waals surface area contributed by atoms with E-state index in [2.05, 4.69) is 0 Å². The summed E-state index contributed by atoms with van der Waals surface area (Å²) in [7, 11) is 1.91. The van der Waals surface area contributed by atoms with E-state index in [1.165, 1.54) is 12.1 Å². The second kappa shape index (κ2) is 5.91. The van der Waals surface area contributed by atoms with Crippen LogP contribution in [0.5, 0.6) is 5.75 Å². The number of aromatic carboxylic acids is 1. The minimum absolute atomic E-state index is 0.222. The second-order valence-corrected chi connectivity index (χ2v) is 4.14. The van der Waals surface area contributed by atoms with Crippen LogP contribution >= 0.6 is 0 Å². The van der Waals surface area contributed by atoms with Crippen molar-refractivity contribution in [3.05, 3.63) is 60.2 Å². The minimum Gasteiger partial charge on any atom is -0.478 e. The highest BCUT2D eigenvalue weighted by Gasteiger charge is 2.05. The lowest BCUT2D eigenvalue weighted by Gasteiger charge is -2.19. The van der Waals surface area contributed by atoms with Crippen molar-refractivity contribution >= 4 is 11.7 Å². The Hall–Kier alpha value is -2.49. The van der Waals surface area contributed by atoms with Crippen molar-refractivity contribution in [2.45, 2.75) is 0 Å². The summed E-state index contributed by atoms with van der Waals surface area (Å²) in [4.78, 5) is 12.8. The van der Waals surface area contributed by atoms with Gasteiger partial charge in [0.25, 0.3) is 0 Å². The molecule has 0 aromatic heterocycles. The SMILES string of the molecule is CN(COc1cccc(C(=O)O)c1)c1ccccc1. The zero-order chi connectivity index (χ0) is 13.7. The van der Waals surface area contributed by atoms with Gasteiger partial charge in [-0.2, -0.15) is 0 Å². The Labute approximate surface area is 111 Å². The zero-order valence-corrected chi connectivity index (χ0v) is 10.6. The van der Waals surface area contributed by atoms with Gasteiger partial charge >= 0.3 is 5.97 Å². The summed E-state index contributed by atoms with van der Waals surface area (Å²) in [5.41, 5.74) is 1.26. The van der Waals surface area contributed by atoms with Gasteiger partial charge in [0.15, 0.2) is 6.73 Å². The van der Waals surface area contributed by atoms with Crippen molar-refractivity contribution in [3.63, 3.8) is 0 Å². The van der Waals surface area contributed by atoms with Crippen LogP contribution in [-0.2, 0) is 0 Å². The summed E-state index contributed by atoms with van der Waals surface area (Å²) in [6, 6.07) is 16.3. The highest BCUT2D eigenvalue weighted by Crippen LogP contribution is 2.15. The number of hydrogen-bond donors (Lipinski definition) is 1. The van der Waals surface area contributed by atoms with Crippen molar-refractivity contribution in [1.29, 1.82) is 0 Å². The van der Waals surface area contributed by atoms with Crippen molar-refractivity contribution in [1.82, 2.24) is 0 Å². The Bertz CT molecular complexity index is 554. The molecule has 2 rings (SSSR count). The van der Waals surface area contributed by atoms with Crippen LogP contribution in [0.15, 0.2) is 54.6 Å². The molecule has 19 heavy (non-hydrogen) atoms. The number of benzene rings is 2. The van der Waals surface area contributed by atoms with Crippen molar-refractivity contribution in [3.8, 4) is 5.75 Å². The molecular weight excluding hydrogens is 242 g/mol. The fourth-order valence-corrected chi connectivity index (χ4v) is 1.65. The van der Waals surface area contributed by atoms with Crippen LogP contribution < -0.4 is 9.64 Å². The maximum Gasteiger partial charge on any atom is 0.335 e. The molecule has 0 unspecified atom stereocenters. The summed E-state index contributed by atoms with van der Waals surface area (Å²) in [6.45, 7) is 0.354. The van der Waals surface area contributed by atoms with Crippen LogP contribution in [0.25, 0.3) is 0 Å². The first-order valence-electron chi connectivity index (χ1n) is 5.89. The van der Waals surface area contributed by atoms with Gasteiger partial charge in [-0.1, -0.05) is 24.3 Å². The monoisotopic (exact) mass is 257 g/mol. The molecule has 0 fully saturated rings. The van der Waals surface area contributed by atoms with Gasteiger partial charge in [-0.25, -0.2) is 4.79 Å². The number of rotatable bonds is 5. The minimum atomic E-state index is -0.957. The van der Waals surface area contributed by atoms with Crippen LogP contribution in [0.2, 0.25) is 0 Å². The molecule has 0 atom stereocenters. The molecule has 0 aliphatic carbocycles. The molecule has 0 aliphatic rings. The Balaban J connectivity index is 1.99. The Morgan fingerprint density at radius 2 is 1.89 bits per heavy atom. The highest BCUT2D eigenvalue weighted by molar-refractivity contribution is 5.87. The highest BCUT2D eigenvalue weighted by atomic mass is 16.5. The van der Waals surface area contributed by atoms with Gasteiger partial charge in [-0.05, 0) is 30.3 Å². The summed E-state index contributed by atoms with van der Waals surface area (Å²) in [6.07, 6.45) is 0. The van der Waals surface area contributed by atoms with Gasteiger partial charge in [0, 0.05) is 12.7 Å². The van der Waals surface area contributed by atoms with E-state index < -0.39 is 5.97 Å². The lowest BCUT2D eigenvalue weighted by molar-refractivity contribution is 0.0696. The van der Waals surface area contributed by atoms with Crippen LogP contribution in [0.4, 0.5) is 5.69 Å². The smallest absolute Gasteiger partial charge is 0.335 e. The number of carbonyl (C=O) groups is 1. The van der Waals surface area contributed by atoms with Gasteiger partial charge in [-0.15, -0.1) is 0 Å². The van der Waals surface area contributed by atoms with Gasteiger partial charge in [0.05, 0.1) is 5.56 Å². The van der Waals surface area contributed by atoms with Gasteiger partial charge < -0.3 is 14.7 Å². The molecule has 2 aromatic carbocycles. The molecule has 0 radical (unpaired) electrons. The lowest BCUT2D eigenvalue weighted by Crippen LogP contribution is -2.22. The van der Waals surface area contributed by atoms with Crippen LogP contribution in [0.3, 0.4) is 0 Å². The second-order valence-electron chi connectivity index (χ2n) is 4.14. The molecule has 4 nitrogen and oxygen atoms in total. The molecule has 4 heteroatoms. The first-order valence-corrected chi connectivity index (χ1v) is 5.89. The van der Waals surface area contributed by atoms with Gasteiger partial charge in [-0.3, -0.25) is 0 Å². The molecular formula is C15H15NO3. The van der Waals surface area contributed by atoms with E-state index >= 15 is 0 Å². The van der Waals surface area contributed by atoms with Crippen molar-refractivity contribution < 1.29 is 14.6 Å². The third-order valence-electron chi connectivity index (χ3n) is 2.70. The Kier molecular flexibility index (Phi) is 4.03. The van der Waals surface area contributed by atoms with Crippen molar-refractivity contribution in [2.75, 3.05) is 18.7 Å². The zero-order valence-electron chi connectivity index (χ0n) is 10.6. The third-order valence-corrected chi connectivity index (χ3v) is 2.70. The molecule has 0 bridgehead atoms. The van der Waals surface area contributed by atoms with Crippen LogP contribution in [-0.4, -0.2) is 24.9 Å². The van der Waals surface area contributed by atoms with Crippen LogP contribution in [0, 0.1) is 0 Å². The average Bonchev–Trinajstić information content (AvgIpc) is 2.46. The number of carboxylic acids is 1. The van der Waals surface area contributed by atoms with Gasteiger partial charge in [0.1, 0.15) is 5.75 Å². The molecule has 0 saturated heterocycles.